The number of anilines is 2. The van der Waals surface area contributed by atoms with Crippen LogP contribution in [0, 0.1) is 5.82 Å². The summed E-state index contributed by atoms with van der Waals surface area (Å²) >= 11 is 0. The first-order chi connectivity index (χ1) is 9.77. The molecular weight excluding hydrogens is 286 g/mol. The largest absolute Gasteiger partial charge is 0.433 e. The molecule has 0 fully saturated rings. The molecule has 7 heteroatoms. The van der Waals surface area contributed by atoms with Gasteiger partial charge in [-0.15, -0.1) is 0 Å². The smallest absolute Gasteiger partial charge is 0.396 e. The van der Waals surface area contributed by atoms with Crippen LogP contribution in [0.3, 0.4) is 0 Å². The predicted octanol–water partition coefficient (Wildman–Crippen LogP) is 3.46. The Morgan fingerprint density at radius 3 is 2.57 bits per heavy atom. The maximum atomic E-state index is 13.1. The Morgan fingerprint density at radius 2 is 1.95 bits per heavy atom. The molecule has 2 rings (SSSR count). The zero-order chi connectivity index (χ0) is 15.6. The summed E-state index contributed by atoms with van der Waals surface area (Å²) in [6.45, 7) is 0.225. The van der Waals surface area contributed by atoms with Crippen molar-refractivity contribution in [3.63, 3.8) is 0 Å². The van der Waals surface area contributed by atoms with Gasteiger partial charge in [-0.3, -0.25) is 0 Å². The second-order valence-electron chi connectivity index (χ2n) is 4.61. The van der Waals surface area contributed by atoms with Crippen LogP contribution in [-0.4, -0.2) is 12.0 Å². The molecule has 0 amide bonds. The van der Waals surface area contributed by atoms with Gasteiger partial charge in [-0.2, -0.15) is 13.2 Å². The number of alkyl halides is 3. The van der Waals surface area contributed by atoms with Gasteiger partial charge in [-0.05, 0) is 23.8 Å². The molecule has 2 N–H and O–H groups in total. The van der Waals surface area contributed by atoms with Crippen LogP contribution in [0.15, 0.2) is 36.5 Å². The number of nitrogens with two attached hydrogens (primary N) is 1. The molecule has 0 atom stereocenters. The van der Waals surface area contributed by atoms with Gasteiger partial charge >= 0.3 is 6.18 Å². The Bertz CT molecular complexity index is 640. The number of halogens is 4. The normalized spacial score (nSPS) is 11.5. The summed E-state index contributed by atoms with van der Waals surface area (Å²) in [7, 11) is 1.58. The molecule has 21 heavy (non-hydrogen) atoms. The molecule has 0 saturated heterocycles. The Hall–Kier alpha value is -2.31. The zero-order valence-electron chi connectivity index (χ0n) is 11.2. The van der Waals surface area contributed by atoms with E-state index in [-0.39, 0.29) is 17.9 Å². The van der Waals surface area contributed by atoms with Crippen molar-refractivity contribution in [1.29, 1.82) is 0 Å². The maximum absolute atomic E-state index is 13.1. The summed E-state index contributed by atoms with van der Waals surface area (Å²) in [5, 5.41) is 0. The second-order valence-corrected chi connectivity index (χ2v) is 4.61. The number of hydrogen-bond acceptors (Lipinski definition) is 3. The third-order valence-corrected chi connectivity index (χ3v) is 2.92. The van der Waals surface area contributed by atoms with Gasteiger partial charge in [-0.1, -0.05) is 12.1 Å². The maximum Gasteiger partial charge on any atom is 0.433 e. The molecule has 0 spiro atoms. The molecule has 112 valence electrons. The first-order valence-corrected chi connectivity index (χ1v) is 6.05. The van der Waals surface area contributed by atoms with Gasteiger partial charge in [0.2, 0.25) is 0 Å². The number of hydrogen-bond donors (Lipinski definition) is 1. The fourth-order valence-corrected chi connectivity index (χ4v) is 1.94. The van der Waals surface area contributed by atoms with E-state index in [1.807, 2.05) is 0 Å². The summed E-state index contributed by atoms with van der Waals surface area (Å²) in [5.74, 6) is -0.403. The highest BCUT2D eigenvalue weighted by Crippen LogP contribution is 2.32. The van der Waals surface area contributed by atoms with Gasteiger partial charge in [0.05, 0.1) is 17.6 Å². The van der Waals surface area contributed by atoms with Crippen LogP contribution in [0.2, 0.25) is 0 Å². The number of benzene rings is 1. The first-order valence-electron chi connectivity index (χ1n) is 6.05. The molecule has 0 radical (unpaired) electrons. The lowest BCUT2D eigenvalue weighted by Crippen LogP contribution is -2.19. The average molecular weight is 299 g/mol. The molecule has 0 saturated carbocycles. The van der Waals surface area contributed by atoms with Crippen LogP contribution in [0.25, 0.3) is 0 Å². The van der Waals surface area contributed by atoms with Crippen LogP contribution >= 0.6 is 0 Å². The Kier molecular flexibility index (Phi) is 4.02. The molecule has 0 aliphatic carbocycles. The van der Waals surface area contributed by atoms with Gasteiger partial charge in [0.25, 0.3) is 0 Å². The fourth-order valence-electron chi connectivity index (χ4n) is 1.94. The summed E-state index contributed by atoms with van der Waals surface area (Å²) in [6, 6.07) is 6.72. The van der Waals surface area contributed by atoms with Gasteiger partial charge in [0.15, 0.2) is 0 Å². The van der Waals surface area contributed by atoms with Gasteiger partial charge < -0.3 is 10.6 Å². The quantitative estimate of drug-likeness (QED) is 0.883. The van der Waals surface area contributed by atoms with Crippen LogP contribution in [0.1, 0.15) is 11.3 Å². The molecule has 3 nitrogen and oxygen atoms in total. The van der Waals surface area contributed by atoms with Gasteiger partial charge in [0, 0.05) is 13.6 Å². The summed E-state index contributed by atoms with van der Waals surface area (Å²) in [5.41, 5.74) is 5.61. The molecule has 2 aromatic rings. The van der Waals surface area contributed by atoms with Crippen molar-refractivity contribution in [1.82, 2.24) is 4.98 Å². The summed E-state index contributed by atoms with van der Waals surface area (Å²) in [4.78, 5) is 4.79. The lowest BCUT2D eigenvalue weighted by Gasteiger charge is -2.22. The SMILES string of the molecule is CN(Cc1cccc(F)c1)c1cc(C(F)(F)F)ncc1N. The third kappa shape index (κ3) is 3.62. The number of nitrogens with zero attached hydrogens (tertiary/aromatic N) is 2. The van der Waals surface area contributed by atoms with E-state index >= 15 is 0 Å². The number of nitrogen functional groups attached to an aromatic ring is 1. The predicted molar refractivity (Wildman–Crippen MR) is 72.2 cm³/mol. The molecule has 0 aliphatic heterocycles. The monoisotopic (exact) mass is 299 g/mol. The van der Waals surface area contributed by atoms with Crippen LogP contribution in [0.4, 0.5) is 28.9 Å². The minimum atomic E-state index is -4.54. The van der Waals surface area contributed by atoms with E-state index in [2.05, 4.69) is 4.98 Å². The van der Waals surface area contributed by atoms with Crippen molar-refractivity contribution < 1.29 is 17.6 Å². The minimum absolute atomic E-state index is 0.127. The van der Waals surface area contributed by atoms with Crippen molar-refractivity contribution in [2.45, 2.75) is 12.7 Å². The van der Waals surface area contributed by atoms with Crippen molar-refractivity contribution in [3.8, 4) is 0 Å². The number of aromatic nitrogens is 1. The number of rotatable bonds is 3. The summed E-state index contributed by atoms with van der Waals surface area (Å²) in [6.07, 6.45) is -3.57. The van der Waals surface area contributed by atoms with Crippen molar-refractivity contribution in [2.75, 3.05) is 17.7 Å². The van der Waals surface area contributed by atoms with Crippen molar-refractivity contribution >= 4 is 11.4 Å². The first kappa shape index (κ1) is 15.1. The molecule has 0 bridgehead atoms. The van der Waals surface area contributed by atoms with Crippen molar-refractivity contribution in [2.24, 2.45) is 0 Å². The molecule has 1 aromatic carbocycles. The fraction of sp³-hybridized carbons (Fsp3) is 0.214. The van der Waals surface area contributed by atoms with E-state index in [1.54, 1.807) is 13.1 Å². The molecule has 1 aromatic heterocycles. The van der Waals surface area contributed by atoms with E-state index in [1.165, 1.54) is 23.1 Å². The van der Waals surface area contributed by atoms with E-state index in [0.717, 1.165) is 12.3 Å². The average Bonchev–Trinajstić information content (AvgIpc) is 2.37. The molecular formula is C14H13F4N3. The Labute approximate surface area is 119 Å². The topological polar surface area (TPSA) is 42.2 Å². The van der Waals surface area contributed by atoms with E-state index in [0.29, 0.717) is 5.56 Å². The van der Waals surface area contributed by atoms with E-state index in [4.69, 9.17) is 5.73 Å². The Morgan fingerprint density at radius 1 is 1.24 bits per heavy atom. The number of pyridine rings is 1. The van der Waals surface area contributed by atoms with Crippen LogP contribution in [0.5, 0.6) is 0 Å². The minimum Gasteiger partial charge on any atom is -0.396 e. The molecule has 0 unspecified atom stereocenters. The standard InChI is InChI=1S/C14H13F4N3/c1-21(8-9-3-2-4-10(15)5-9)12-6-13(14(16,17)18)20-7-11(12)19/h2-7H,8,19H2,1H3. The van der Waals surface area contributed by atoms with Crippen LogP contribution < -0.4 is 10.6 Å². The van der Waals surface area contributed by atoms with Crippen LogP contribution in [-0.2, 0) is 12.7 Å². The van der Waals surface area contributed by atoms with E-state index in [9.17, 15) is 17.6 Å². The highest BCUT2D eigenvalue weighted by Gasteiger charge is 2.33. The third-order valence-electron chi connectivity index (χ3n) is 2.92. The highest BCUT2D eigenvalue weighted by molar-refractivity contribution is 5.66. The highest BCUT2D eigenvalue weighted by atomic mass is 19.4. The summed E-state index contributed by atoms with van der Waals surface area (Å²) < 4.78 is 51.1. The second kappa shape index (κ2) is 5.59. The Balaban J connectivity index is 2.28. The lowest BCUT2D eigenvalue weighted by atomic mass is 10.2. The van der Waals surface area contributed by atoms with E-state index < -0.39 is 17.7 Å². The molecule has 0 aliphatic rings. The zero-order valence-corrected chi connectivity index (χ0v) is 11.2. The van der Waals surface area contributed by atoms with Gasteiger partial charge in [0.1, 0.15) is 11.5 Å². The lowest BCUT2D eigenvalue weighted by molar-refractivity contribution is -0.141. The molecule has 1 heterocycles. The van der Waals surface area contributed by atoms with Gasteiger partial charge in [-0.25, -0.2) is 9.37 Å². The van der Waals surface area contributed by atoms with Crippen molar-refractivity contribution in [3.05, 3.63) is 53.6 Å².